The lowest BCUT2D eigenvalue weighted by Crippen LogP contribution is -2.43. The predicted molar refractivity (Wildman–Crippen MR) is 37.4 cm³/mol. The van der Waals surface area contributed by atoms with Gasteiger partial charge in [0.15, 0.2) is 0 Å². The molecule has 6 heteroatoms. The number of hydrogen-bond acceptors (Lipinski definition) is 3. The molecule has 3 N–H and O–H groups in total. The van der Waals surface area contributed by atoms with Gasteiger partial charge in [0, 0.05) is 0 Å². The molecule has 0 rings (SSSR count). The number of nitrogens with one attached hydrogen (secondary N) is 1. The molecule has 5 nitrogen and oxygen atoms in total. The maximum Gasteiger partial charge on any atom is 0.328 e. The highest BCUT2D eigenvalue weighted by Gasteiger charge is 2.17. The van der Waals surface area contributed by atoms with Crippen LogP contribution in [-0.2, 0) is 9.59 Å². The van der Waals surface area contributed by atoms with Gasteiger partial charge in [-0.05, 0) is 0 Å². The number of amides is 1. The Hall–Kier alpha value is -0.810. The van der Waals surface area contributed by atoms with Crippen molar-refractivity contribution in [3.05, 3.63) is 0 Å². The molecular weight excluding hydrogens is 174 g/mol. The van der Waals surface area contributed by atoms with Crippen molar-refractivity contribution in [2.45, 2.75) is 6.04 Å². The van der Waals surface area contributed by atoms with Crippen LogP contribution in [0.3, 0.4) is 0 Å². The quantitative estimate of drug-likeness (QED) is 0.475. The number of rotatable bonds is 4. The standard InChI is InChI=1S/C5H8ClNO4/c6-1-4(9)7-3(2-8)5(10)11/h3,8H,1-2H2,(H,7,9)(H,10,11)/t3-/m0/s1. The van der Waals surface area contributed by atoms with E-state index in [0.29, 0.717) is 0 Å². The van der Waals surface area contributed by atoms with E-state index in [1.165, 1.54) is 0 Å². The van der Waals surface area contributed by atoms with Gasteiger partial charge in [-0.1, -0.05) is 0 Å². The monoisotopic (exact) mass is 181 g/mol. The molecular formula is C5H8ClNO4. The largest absolute Gasteiger partial charge is 0.480 e. The first kappa shape index (κ1) is 10.2. The third-order valence-electron chi connectivity index (χ3n) is 0.937. The second-order valence-corrected chi connectivity index (χ2v) is 2.04. The molecule has 0 bridgehead atoms. The van der Waals surface area contributed by atoms with Gasteiger partial charge in [-0.15, -0.1) is 11.6 Å². The van der Waals surface area contributed by atoms with E-state index in [9.17, 15) is 9.59 Å². The summed E-state index contributed by atoms with van der Waals surface area (Å²) in [5.41, 5.74) is 0. The minimum absolute atomic E-state index is 0.316. The van der Waals surface area contributed by atoms with Crippen LogP contribution in [0, 0.1) is 0 Å². The van der Waals surface area contributed by atoms with E-state index in [4.69, 9.17) is 21.8 Å². The van der Waals surface area contributed by atoms with Crippen LogP contribution in [0.5, 0.6) is 0 Å². The topological polar surface area (TPSA) is 86.6 Å². The maximum absolute atomic E-state index is 10.5. The Morgan fingerprint density at radius 3 is 2.36 bits per heavy atom. The summed E-state index contributed by atoms with van der Waals surface area (Å²) in [5.74, 6) is -2.22. The Labute approximate surface area is 68.0 Å². The summed E-state index contributed by atoms with van der Waals surface area (Å²) in [6, 6.07) is -1.26. The van der Waals surface area contributed by atoms with Gasteiger partial charge in [-0.2, -0.15) is 0 Å². The van der Waals surface area contributed by atoms with Gasteiger partial charge in [0.1, 0.15) is 11.9 Å². The van der Waals surface area contributed by atoms with Crippen LogP contribution in [0.2, 0.25) is 0 Å². The molecule has 0 aliphatic carbocycles. The highest BCUT2D eigenvalue weighted by molar-refractivity contribution is 6.27. The first-order valence-electron chi connectivity index (χ1n) is 2.80. The summed E-state index contributed by atoms with van der Waals surface area (Å²) in [7, 11) is 0. The number of aliphatic hydroxyl groups is 1. The Bertz CT molecular complexity index is 161. The highest BCUT2D eigenvalue weighted by Crippen LogP contribution is 1.83. The van der Waals surface area contributed by atoms with Gasteiger partial charge in [-0.25, -0.2) is 4.79 Å². The number of aliphatic carboxylic acids is 1. The van der Waals surface area contributed by atoms with Crippen molar-refractivity contribution in [2.24, 2.45) is 0 Å². The molecule has 0 radical (unpaired) electrons. The average molecular weight is 182 g/mol. The highest BCUT2D eigenvalue weighted by atomic mass is 35.5. The molecule has 0 spiro atoms. The minimum atomic E-state index is -1.29. The van der Waals surface area contributed by atoms with E-state index < -0.39 is 24.5 Å². The lowest BCUT2D eigenvalue weighted by atomic mass is 10.3. The second-order valence-electron chi connectivity index (χ2n) is 1.77. The zero-order valence-electron chi connectivity index (χ0n) is 5.58. The molecule has 0 saturated carbocycles. The minimum Gasteiger partial charge on any atom is -0.480 e. The average Bonchev–Trinajstić information content (AvgIpc) is 1.99. The van der Waals surface area contributed by atoms with Gasteiger partial charge in [0.2, 0.25) is 5.91 Å². The van der Waals surface area contributed by atoms with Crippen molar-refractivity contribution in [1.82, 2.24) is 5.32 Å². The molecule has 0 saturated heterocycles. The Morgan fingerprint density at radius 2 is 2.09 bits per heavy atom. The number of hydrogen-bond donors (Lipinski definition) is 3. The molecule has 0 aromatic carbocycles. The van der Waals surface area contributed by atoms with Gasteiger partial charge in [0.05, 0.1) is 6.61 Å². The van der Waals surface area contributed by atoms with Gasteiger partial charge in [0.25, 0.3) is 0 Å². The SMILES string of the molecule is O=C(CCl)N[C@@H](CO)C(=O)O. The number of halogens is 1. The van der Waals surface area contributed by atoms with E-state index in [1.807, 2.05) is 5.32 Å². The first-order chi connectivity index (χ1) is 5.11. The lowest BCUT2D eigenvalue weighted by molar-refractivity contribution is -0.142. The molecule has 0 aliphatic rings. The summed E-state index contributed by atoms with van der Waals surface area (Å²) in [5, 5.41) is 18.7. The number of alkyl halides is 1. The first-order valence-corrected chi connectivity index (χ1v) is 3.34. The molecule has 1 atom stereocenters. The van der Waals surface area contributed by atoms with Crippen molar-refractivity contribution in [3.63, 3.8) is 0 Å². The van der Waals surface area contributed by atoms with E-state index in [2.05, 4.69) is 0 Å². The summed E-state index contributed by atoms with van der Waals surface area (Å²) >= 11 is 5.07. The lowest BCUT2D eigenvalue weighted by Gasteiger charge is -2.09. The Morgan fingerprint density at radius 1 is 1.55 bits per heavy atom. The Kier molecular flexibility index (Phi) is 4.56. The fourth-order valence-electron chi connectivity index (χ4n) is 0.418. The van der Waals surface area contributed by atoms with Crippen molar-refractivity contribution in [2.75, 3.05) is 12.5 Å². The van der Waals surface area contributed by atoms with Crippen molar-refractivity contribution in [3.8, 4) is 0 Å². The molecule has 0 aromatic rings. The van der Waals surface area contributed by atoms with Crippen LogP contribution in [0.25, 0.3) is 0 Å². The van der Waals surface area contributed by atoms with Gasteiger partial charge in [-0.3, -0.25) is 4.79 Å². The van der Waals surface area contributed by atoms with Crippen LogP contribution < -0.4 is 5.32 Å². The molecule has 0 heterocycles. The molecule has 0 aromatic heterocycles. The van der Waals surface area contributed by atoms with Crippen LogP contribution in [0.1, 0.15) is 0 Å². The molecule has 0 aliphatic heterocycles. The zero-order chi connectivity index (χ0) is 8.85. The zero-order valence-corrected chi connectivity index (χ0v) is 6.34. The van der Waals surface area contributed by atoms with Crippen molar-refractivity contribution >= 4 is 23.5 Å². The van der Waals surface area contributed by atoms with E-state index in [1.54, 1.807) is 0 Å². The smallest absolute Gasteiger partial charge is 0.328 e. The van der Waals surface area contributed by atoms with Crippen molar-refractivity contribution < 1.29 is 19.8 Å². The molecule has 0 fully saturated rings. The van der Waals surface area contributed by atoms with Crippen LogP contribution >= 0.6 is 11.6 Å². The number of carboxylic acid groups (broad SMARTS) is 1. The van der Waals surface area contributed by atoms with E-state index in [-0.39, 0.29) is 5.88 Å². The summed E-state index contributed by atoms with van der Waals surface area (Å²) in [6.45, 7) is -0.641. The molecule has 11 heavy (non-hydrogen) atoms. The van der Waals surface area contributed by atoms with E-state index in [0.717, 1.165) is 0 Å². The predicted octanol–water partition coefficient (Wildman–Crippen LogP) is -1.21. The van der Waals surface area contributed by atoms with Gasteiger partial charge < -0.3 is 15.5 Å². The summed E-state index contributed by atoms with van der Waals surface area (Å²) in [4.78, 5) is 20.6. The maximum atomic E-state index is 10.5. The summed E-state index contributed by atoms with van der Waals surface area (Å²) < 4.78 is 0. The molecule has 1 amide bonds. The fraction of sp³-hybridized carbons (Fsp3) is 0.600. The van der Waals surface area contributed by atoms with Crippen LogP contribution in [0.4, 0.5) is 0 Å². The third-order valence-corrected chi connectivity index (χ3v) is 1.18. The number of carboxylic acids is 1. The normalized spacial score (nSPS) is 12.2. The Balaban J connectivity index is 3.88. The molecule has 0 unspecified atom stereocenters. The van der Waals surface area contributed by atoms with Crippen molar-refractivity contribution in [1.29, 1.82) is 0 Å². The second kappa shape index (κ2) is 4.92. The number of aliphatic hydroxyl groups excluding tert-OH is 1. The molecule has 64 valence electrons. The van der Waals surface area contributed by atoms with Crippen LogP contribution in [0.15, 0.2) is 0 Å². The number of carbonyl (C=O) groups is 2. The number of carbonyl (C=O) groups excluding carboxylic acids is 1. The van der Waals surface area contributed by atoms with E-state index >= 15 is 0 Å². The fourth-order valence-corrected chi connectivity index (χ4v) is 0.496. The summed E-state index contributed by atoms with van der Waals surface area (Å²) in [6.07, 6.45) is 0. The van der Waals surface area contributed by atoms with Crippen LogP contribution in [-0.4, -0.2) is 40.6 Å². The van der Waals surface area contributed by atoms with Gasteiger partial charge >= 0.3 is 5.97 Å². The third kappa shape index (κ3) is 3.79.